The van der Waals surface area contributed by atoms with Crippen molar-refractivity contribution in [1.29, 1.82) is 0 Å². The van der Waals surface area contributed by atoms with Gasteiger partial charge in [-0.25, -0.2) is 0 Å². The molecular formula is C15H21Cl2N2O2-. The van der Waals surface area contributed by atoms with Crippen molar-refractivity contribution < 1.29 is 21.9 Å². The number of amides is 1. The molecule has 118 valence electrons. The molecule has 4 nitrogen and oxygen atoms in total. The summed E-state index contributed by atoms with van der Waals surface area (Å²) >= 11 is 5.81. The third kappa shape index (κ3) is 7.14. The summed E-state index contributed by atoms with van der Waals surface area (Å²) in [6, 6.07) is 7.39. The Kier molecular flexibility index (Phi) is 8.69. The Morgan fingerprint density at radius 1 is 1.24 bits per heavy atom. The molecule has 0 radical (unpaired) electrons. The first-order chi connectivity index (χ1) is 9.74. The number of hydrogen-bond acceptors (Lipinski definition) is 3. The highest BCUT2D eigenvalue weighted by Gasteiger charge is 2.09. The second-order valence-corrected chi connectivity index (χ2v) is 5.40. The number of carbonyl (C=O) groups excluding carboxylic acids is 1. The van der Waals surface area contributed by atoms with Gasteiger partial charge in [-0.2, -0.15) is 0 Å². The van der Waals surface area contributed by atoms with Crippen LogP contribution in [0.4, 0.5) is 0 Å². The predicted molar refractivity (Wildman–Crippen MR) is 80.0 cm³/mol. The maximum atomic E-state index is 11.8. The van der Waals surface area contributed by atoms with Crippen LogP contribution < -0.4 is 17.7 Å². The number of hydrogen-bond donors (Lipinski definition) is 1. The molecular weight excluding hydrogens is 311 g/mol. The van der Waals surface area contributed by atoms with E-state index in [1.807, 2.05) is 24.3 Å². The molecule has 6 heteroatoms. The van der Waals surface area contributed by atoms with Crippen LogP contribution in [0.2, 0.25) is 5.02 Å². The van der Waals surface area contributed by atoms with Crippen molar-refractivity contribution in [2.45, 2.75) is 12.8 Å². The van der Waals surface area contributed by atoms with Gasteiger partial charge < -0.3 is 22.5 Å². The van der Waals surface area contributed by atoms with Gasteiger partial charge in [0.1, 0.15) is 0 Å². The second kappa shape index (κ2) is 10.0. The van der Waals surface area contributed by atoms with Crippen molar-refractivity contribution in [3.05, 3.63) is 34.9 Å². The van der Waals surface area contributed by atoms with Crippen LogP contribution in [-0.2, 0) is 16.0 Å². The average Bonchev–Trinajstić information content (AvgIpc) is 2.47. The van der Waals surface area contributed by atoms with E-state index in [0.29, 0.717) is 11.4 Å². The summed E-state index contributed by atoms with van der Waals surface area (Å²) in [5, 5.41) is 3.65. The zero-order valence-corrected chi connectivity index (χ0v) is 13.5. The molecule has 1 fully saturated rings. The fraction of sp³-hybridized carbons (Fsp3) is 0.533. The zero-order valence-electron chi connectivity index (χ0n) is 12.0. The Balaban J connectivity index is 0.00000220. The fourth-order valence-electron chi connectivity index (χ4n) is 2.21. The van der Waals surface area contributed by atoms with Crippen molar-refractivity contribution in [3.8, 4) is 0 Å². The highest BCUT2D eigenvalue weighted by Crippen LogP contribution is 2.09. The summed E-state index contributed by atoms with van der Waals surface area (Å²) in [5.74, 6) is 0.0642. The standard InChI is InChI=1S/C15H21ClN2O2.ClH/c16-14-4-2-13(3-5-14)12-15(19)17-6-1-7-18-8-10-20-11-9-18;/h2-5H,1,6-12H2,(H,17,19);1H/p-1. The number of halogens is 2. The van der Waals surface area contributed by atoms with Crippen LogP contribution >= 0.6 is 11.6 Å². The molecule has 0 spiro atoms. The SMILES string of the molecule is O=C(Cc1ccc(Cl)cc1)NCCCN1CCOCC1.[Cl-]. The minimum Gasteiger partial charge on any atom is -1.00 e. The van der Waals surface area contributed by atoms with E-state index in [1.165, 1.54) is 0 Å². The Labute approximate surface area is 137 Å². The molecule has 0 unspecified atom stereocenters. The lowest BCUT2D eigenvalue weighted by Gasteiger charge is -2.26. The van der Waals surface area contributed by atoms with Gasteiger partial charge in [-0.3, -0.25) is 9.69 Å². The molecule has 0 bridgehead atoms. The highest BCUT2D eigenvalue weighted by atomic mass is 35.5. The Morgan fingerprint density at radius 3 is 2.57 bits per heavy atom. The summed E-state index contributed by atoms with van der Waals surface area (Å²) in [7, 11) is 0. The molecule has 0 aromatic heterocycles. The number of nitrogens with zero attached hydrogens (tertiary/aromatic N) is 1. The van der Waals surface area contributed by atoms with Crippen LogP contribution in [0.3, 0.4) is 0 Å². The van der Waals surface area contributed by atoms with Gasteiger partial charge in [-0.15, -0.1) is 0 Å². The third-order valence-electron chi connectivity index (χ3n) is 3.35. The first-order valence-corrected chi connectivity index (χ1v) is 7.43. The predicted octanol–water partition coefficient (Wildman–Crippen LogP) is -1.27. The van der Waals surface area contributed by atoms with Crippen LogP contribution in [0.5, 0.6) is 0 Å². The molecule has 0 saturated carbocycles. The van der Waals surface area contributed by atoms with Crippen molar-refractivity contribution in [2.24, 2.45) is 0 Å². The first kappa shape index (κ1) is 18.2. The zero-order chi connectivity index (χ0) is 14.2. The molecule has 0 aliphatic carbocycles. The quantitative estimate of drug-likeness (QED) is 0.661. The minimum absolute atomic E-state index is 0. The molecule has 2 rings (SSSR count). The van der Waals surface area contributed by atoms with Gasteiger partial charge in [0.25, 0.3) is 0 Å². The second-order valence-electron chi connectivity index (χ2n) is 4.96. The number of rotatable bonds is 6. The van der Waals surface area contributed by atoms with E-state index in [0.717, 1.165) is 51.4 Å². The maximum Gasteiger partial charge on any atom is 0.224 e. The molecule has 1 aromatic rings. The van der Waals surface area contributed by atoms with Crippen molar-refractivity contribution >= 4 is 17.5 Å². The van der Waals surface area contributed by atoms with Gasteiger partial charge in [0.2, 0.25) is 5.91 Å². The van der Waals surface area contributed by atoms with Crippen LogP contribution in [0.25, 0.3) is 0 Å². The summed E-state index contributed by atoms with van der Waals surface area (Å²) in [5.41, 5.74) is 0.986. The monoisotopic (exact) mass is 331 g/mol. The smallest absolute Gasteiger partial charge is 0.224 e. The molecule has 1 saturated heterocycles. The molecule has 1 aliphatic rings. The summed E-state index contributed by atoms with van der Waals surface area (Å²) in [6.45, 7) is 5.39. The van der Waals surface area contributed by atoms with Gasteiger partial charge in [-0.1, -0.05) is 23.7 Å². The van der Waals surface area contributed by atoms with Gasteiger partial charge in [0, 0.05) is 24.7 Å². The number of morpholine rings is 1. The van der Waals surface area contributed by atoms with E-state index >= 15 is 0 Å². The number of benzene rings is 1. The van der Waals surface area contributed by atoms with E-state index in [4.69, 9.17) is 16.3 Å². The van der Waals surface area contributed by atoms with Gasteiger partial charge in [0.05, 0.1) is 19.6 Å². The lowest BCUT2D eigenvalue weighted by molar-refractivity contribution is -0.120. The van der Waals surface area contributed by atoms with Crippen LogP contribution in [0.1, 0.15) is 12.0 Å². The Morgan fingerprint density at radius 2 is 1.90 bits per heavy atom. The summed E-state index contributed by atoms with van der Waals surface area (Å²) in [6.07, 6.45) is 1.39. The van der Waals surface area contributed by atoms with Crippen LogP contribution in [0.15, 0.2) is 24.3 Å². The van der Waals surface area contributed by atoms with Gasteiger partial charge in [0.15, 0.2) is 0 Å². The van der Waals surface area contributed by atoms with E-state index in [1.54, 1.807) is 0 Å². The topological polar surface area (TPSA) is 41.6 Å². The summed E-state index contributed by atoms with van der Waals surface area (Å²) in [4.78, 5) is 14.1. The lowest BCUT2D eigenvalue weighted by Crippen LogP contribution is -3.00. The van der Waals surface area contributed by atoms with Gasteiger partial charge in [-0.05, 0) is 30.7 Å². The molecule has 1 amide bonds. The molecule has 1 heterocycles. The van der Waals surface area contributed by atoms with Crippen molar-refractivity contribution in [2.75, 3.05) is 39.4 Å². The Bertz CT molecular complexity index is 420. The molecule has 0 atom stereocenters. The normalized spacial score (nSPS) is 15.3. The number of nitrogens with one attached hydrogen (secondary N) is 1. The van der Waals surface area contributed by atoms with E-state index < -0.39 is 0 Å². The van der Waals surface area contributed by atoms with E-state index in [9.17, 15) is 4.79 Å². The Hall–Kier alpha value is -0.810. The molecule has 1 aliphatic heterocycles. The van der Waals surface area contributed by atoms with Crippen LogP contribution in [0, 0.1) is 0 Å². The minimum atomic E-state index is 0. The molecule has 1 aromatic carbocycles. The van der Waals surface area contributed by atoms with Crippen LogP contribution in [-0.4, -0.2) is 50.2 Å². The van der Waals surface area contributed by atoms with E-state index in [-0.39, 0.29) is 18.3 Å². The van der Waals surface area contributed by atoms with Crippen molar-refractivity contribution in [1.82, 2.24) is 10.2 Å². The average molecular weight is 332 g/mol. The number of ether oxygens (including phenoxy) is 1. The van der Waals surface area contributed by atoms with Crippen molar-refractivity contribution in [3.63, 3.8) is 0 Å². The molecule has 1 N–H and O–H groups in total. The molecule has 21 heavy (non-hydrogen) atoms. The third-order valence-corrected chi connectivity index (χ3v) is 3.61. The summed E-state index contributed by atoms with van der Waals surface area (Å²) < 4.78 is 5.30. The maximum absolute atomic E-state index is 11.8. The number of carbonyl (C=O) groups is 1. The largest absolute Gasteiger partial charge is 1.00 e. The lowest BCUT2D eigenvalue weighted by atomic mass is 10.1. The van der Waals surface area contributed by atoms with E-state index in [2.05, 4.69) is 10.2 Å². The fourth-order valence-corrected chi connectivity index (χ4v) is 2.33. The van der Waals surface area contributed by atoms with Gasteiger partial charge >= 0.3 is 0 Å². The highest BCUT2D eigenvalue weighted by molar-refractivity contribution is 6.30. The first-order valence-electron chi connectivity index (χ1n) is 7.05.